The van der Waals surface area contributed by atoms with Crippen LogP contribution in [0.3, 0.4) is 0 Å². The molecule has 0 N–H and O–H groups in total. The highest BCUT2D eigenvalue weighted by atomic mass is 32.1. The van der Waals surface area contributed by atoms with E-state index in [2.05, 4.69) is 136 Å². The van der Waals surface area contributed by atoms with Crippen LogP contribution in [-0.2, 0) is 24.5 Å². The van der Waals surface area contributed by atoms with Crippen LogP contribution in [0.4, 0.5) is 0 Å². The van der Waals surface area contributed by atoms with Crippen LogP contribution < -0.4 is 9.47 Å². The van der Waals surface area contributed by atoms with Gasteiger partial charge in [0.15, 0.2) is 0 Å². The largest absolute Gasteiger partial charge is 0.494 e. The third-order valence-electron chi connectivity index (χ3n) is 14.8. The number of esters is 2. The van der Waals surface area contributed by atoms with Crippen molar-refractivity contribution < 1.29 is 28.5 Å². The van der Waals surface area contributed by atoms with Crippen LogP contribution in [0.15, 0.2) is 135 Å². The topological polar surface area (TPSA) is 71.1 Å². The molecule has 398 valence electrons. The van der Waals surface area contributed by atoms with Gasteiger partial charge in [-0.05, 0) is 194 Å². The number of hydrogen-bond donors (Lipinski definition) is 0. The zero-order valence-electron chi connectivity index (χ0n) is 45.1. The molecule has 2 aromatic heterocycles. The van der Waals surface area contributed by atoms with Crippen LogP contribution in [0.1, 0.15) is 166 Å². The van der Waals surface area contributed by atoms with Crippen LogP contribution in [-0.4, -0.2) is 38.4 Å². The lowest BCUT2D eigenvalue weighted by Gasteiger charge is -2.33. The van der Waals surface area contributed by atoms with E-state index in [-0.39, 0.29) is 17.4 Å². The highest BCUT2D eigenvalue weighted by Crippen LogP contribution is 2.56. The SMILES string of the molecule is C=CC(=O)OCCCCCCOc1ccc(-c2ccc(-c3ccc4c(c3)C(CCCCCCCC)(CCCCCCCC)c3cc(-c5ccc(-c6ccc(OCCCCCCOC(=O)C=C)cc6)s5)ccc3-4)s2)cc1. The lowest BCUT2D eigenvalue weighted by molar-refractivity contribution is -0.138. The molecule has 1 aliphatic carbocycles. The number of unbranched alkanes of at least 4 members (excludes halogenated alkanes) is 16. The monoisotopic (exact) mass is 1050 g/mol. The molecule has 75 heavy (non-hydrogen) atoms. The van der Waals surface area contributed by atoms with E-state index in [0.29, 0.717) is 26.4 Å². The first-order valence-electron chi connectivity index (χ1n) is 28.4. The molecule has 0 radical (unpaired) electrons. The maximum atomic E-state index is 11.2. The molecule has 0 unspecified atom stereocenters. The molecule has 2 heterocycles. The number of thiophene rings is 2. The summed E-state index contributed by atoms with van der Waals surface area (Å²) in [5.74, 6) is 1.07. The van der Waals surface area contributed by atoms with E-state index >= 15 is 0 Å². The molecule has 0 saturated heterocycles. The third kappa shape index (κ3) is 16.6. The van der Waals surface area contributed by atoms with Crippen molar-refractivity contribution in [1.82, 2.24) is 0 Å². The van der Waals surface area contributed by atoms with E-state index in [9.17, 15) is 9.59 Å². The first kappa shape index (κ1) is 57.0. The molecule has 0 spiro atoms. The molecule has 0 atom stereocenters. The standard InChI is InChI=1S/C67H82O6S2/c1-5-9-11-13-15-21-43-67(44-22-16-14-12-10-6-2)59-49-53(63-41-39-61(74-63)51-27-33-55(34-28-51)70-45-23-17-19-25-47-72-65(68)7-3)31-37-57(59)58-38-32-54(50-60(58)67)64-42-40-62(75-64)52-29-35-56(36-30-52)71-46-24-18-20-26-48-73-66(69)8-4/h7-8,27-42,49-50H,3-6,9-26,43-48H2,1-2H3. The number of ether oxygens (including phenoxy) is 4. The summed E-state index contributed by atoms with van der Waals surface area (Å²) >= 11 is 3.76. The fourth-order valence-electron chi connectivity index (χ4n) is 10.6. The predicted octanol–water partition coefficient (Wildman–Crippen LogP) is 19.6. The molecular weight excluding hydrogens is 965 g/mol. The Hall–Kier alpha value is -5.70. The molecule has 6 nitrogen and oxygen atoms in total. The Balaban J connectivity index is 1.07. The average molecular weight is 1050 g/mol. The van der Waals surface area contributed by atoms with Crippen LogP contribution in [0.25, 0.3) is 52.9 Å². The molecule has 0 fully saturated rings. The van der Waals surface area contributed by atoms with Crippen molar-refractivity contribution in [2.24, 2.45) is 0 Å². The fraction of sp³-hybridized carbons (Fsp3) is 0.433. The summed E-state index contributed by atoms with van der Waals surface area (Å²) in [5.41, 5.74) is 10.9. The predicted molar refractivity (Wildman–Crippen MR) is 316 cm³/mol. The Morgan fingerprint density at radius 3 is 1.13 bits per heavy atom. The molecule has 7 rings (SSSR count). The van der Waals surface area contributed by atoms with Crippen molar-refractivity contribution in [2.45, 2.75) is 161 Å². The molecule has 4 aromatic carbocycles. The Morgan fingerprint density at radius 2 is 0.747 bits per heavy atom. The number of carbonyl (C=O) groups excluding carboxylic acids is 2. The highest BCUT2D eigenvalue weighted by Gasteiger charge is 2.42. The van der Waals surface area contributed by atoms with Crippen molar-refractivity contribution in [3.63, 3.8) is 0 Å². The van der Waals surface area contributed by atoms with Gasteiger partial charge in [0.2, 0.25) is 0 Å². The van der Waals surface area contributed by atoms with Gasteiger partial charge in [-0.3, -0.25) is 0 Å². The summed E-state index contributed by atoms with van der Waals surface area (Å²) in [6.45, 7) is 13.7. The van der Waals surface area contributed by atoms with Crippen LogP contribution in [0, 0.1) is 0 Å². The second-order valence-electron chi connectivity index (χ2n) is 20.3. The van der Waals surface area contributed by atoms with Gasteiger partial charge in [-0.2, -0.15) is 0 Å². The van der Waals surface area contributed by atoms with E-state index in [4.69, 9.17) is 18.9 Å². The maximum Gasteiger partial charge on any atom is 0.330 e. The number of benzene rings is 4. The molecule has 6 aromatic rings. The minimum Gasteiger partial charge on any atom is -0.494 e. The van der Waals surface area contributed by atoms with Gasteiger partial charge in [0.1, 0.15) is 11.5 Å². The van der Waals surface area contributed by atoms with E-state index < -0.39 is 0 Å². The van der Waals surface area contributed by atoms with Crippen molar-refractivity contribution in [3.05, 3.63) is 146 Å². The molecule has 8 heteroatoms. The number of rotatable bonds is 36. The van der Waals surface area contributed by atoms with Crippen molar-refractivity contribution in [1.29, 1.82) is 0 Å². The smallest absolute Gasteiger partial charge is 0.330 e. The highest BCUT2D eigenvalue weighted by molar-refractivity contribution is 7.19. The second-order valence-corrected chi connectivity index (χ2v) is 22.5. The lowest BCUT2D eigenvalue weighted by Crippen LogP contribution is -2.25. The Morgan fingerprint density at radius 1 is 0.413 bits per heavy atom. The van der Waals surface area contributed by atoms with Gasteiger partial charge in [-0.25, -0.2) is 9.59 Å². The lowest BCUT2D eigenvalue weighted by atomic mass is 9.70. The first-order chi connectivity index (χ1) is 36.8. The molecule has 0 aliphatic heterocycles. The zero-order chi connectivity index (χ0) is 52.5. The quantitative estimate of drug-likeness (QED) is 0.0222. The summed E-state index contributed by atoms with van der Waals surface area (Å²) in [6.07, 6.45) is 28.0. The van der Waals surface area contributed by atoms with Gasteiger partial charge in [0.25, 0.3) is 0 Å². The zero-order valence-corrected chi connectivity index (χ0v) is 46.7. The third-order valence-corrected chi connectivity index (χ3v) is 17.1. The summed E-state index contributed by atoms with van der Waals surface area (Å²) in [7, 11) is 0. The van der Waals surface area contributed by atoms with Crippen LogP contribution in [0.5, 0.6) is 11.5 Å². The first-order valence-corrected chi connectivity index (χ1v) is 30.0. The minimum atomic E-state index is -0.357. The molecule has 1 aliphatic rings. The fourth-order valence-corrected chi connectivity index (χ4v) is 12.6. The van der Waals surface area contributed by atoms with Gasteiger partial charge in [0.05, 0.1) is 26.4 Å². The Kier molecular flexibility index (Phi) is 23.4. The molecule has 0 amide bonds. The normalized spacial score (nSPS) is 12.2. The van der Waals surface area contributed by atoms with Gasteiger partial charge in [-0.15, -0.1) is 22.7 Å². The van der Waals surface area contributed by atoms with Crippen molar-refractivity contribution in [3.8, 4) is 64.4 Å². The maximum absolute atomic E-state index is 11.2. The van der Waals surface area contributed by atoms with Crippen molar-refractivity contribution in [2.75, 3.05) is 26.4 Å². The molecular formula is C67H82O6S2. The summed E-state index contributed by atoms with van der Waals surface area (Å²) in [6, 6.07) is 41.2. The number of carbonyl (C=O) groups is 2. The molecule has 0 bridgehead atoms. The summed E-state index contributed by atoms with van der Waals surface area (Å²) in [4.78, 5) is 27.6. The van der Waals surface area contributed by atoms with E-state index in [1.807, 2.05) is 22.7 Å². The molecule has 0 saturated carbocycles. The van der Waals surface area contributed by atoms with Gasteiger partial charge >= 0.3 is 11.9 Å². The van der Waals surface area contributed by atoms with E-state index in [1.165, 1.54) is 166 Å². The average Bonchev–Trinajstić information content (AvgIpc) is 4.23. The number of hydrogen-bond acceptors (Lipinski definition) is 8. The van der Waals surface area contributed by atoms with E-state index in [1.54, 1.807) is 0 Å². The van der Waals surface area contributed by atoms with Crippen LogP contribution >= 0.6 is 22.7 Å². The summed E-state index contributed by atoms with van der Waals surface area (Å²) < 4.78 is 22.4. The Bertz CT molecular complexity index is 2500. The van der Waals surface area contributed by atoms with Gasteiger partial charge in [0, 0.05) is 37.1 Å². The van der Waals surface area contributed by atoms with E-state index in [0.717, 1.165) is 62.9 Å². The van der Waals surface area contributed by atoms with Gasteiger partial charge in [-0.1, -0.05) is 128 Å². The van der Waals surface area contributed by atoms with Gasteiger partial charge < -0.3 is 18.9 Å². The van der Waals surface area contributed by atoms with Crippen molar-refractivity contribution >= 4 is 34.6 Å². The minimum absolute atomic E-state index is 0.0431. The summed E-state index contributed by atoms with van der Waals surface area (Å²) in [5, 5.41) is 0. The number of fused-ring (bicyclic) bond motifs is 3. The van der Waals surface area contributed by atoms with Crippen LogP contribution in [0.2, 0.25) is 0 Å². The Labute approximate surface area is 457 Å². The second kappa shape index (κ2) is 30.8.